The second-order valence-corrected chi connectivity index (χ2v) is 8.41. The van der Waals surface area contributed by atoms with Gasteiger partial charge in [-0.15, -0.1) is 11.3 Å². The van der Waals surface area contributed by atoms with E-state index in [-0.39, 0.29) is 29.3 Å². The number of carbonyl (C=O) groups excluding carboxylic acids is 1. The van der Waals surface area contributed by atoms with Gasteiger partial charge in [0.15, 0.2) is 0 Å². The molecule has 1 saturated heterocycles. The Balaban J connectivity index is 1.91. The average molecular weight is 390 g/mol. The van der Waals surface area contributed by atoms with Crippen LogP contribution >= 0.6 is 11.3 Å². The molecule has 1 aliphatic heterocycles. The maximum absolute atomic E-state index is 12.7. The molecule has 0 aliphatic carbocycles. The average Bonchev–Trinajstić information content (AvgIpc) is 3.09. The third-order valence-electron chi connectivity index (χ3n) is 3.78. The lowest BCUT2D eigenvalue weighted by atomic mass is 10.2. The fraction of sp³-hybridized carbons (Fsp3) is 0.600. The minimum absolute atomic E-state index is 0.0303. The minimum atomic E-state index is -3.71. The number of hydrogen-bond donors (Lipinski definition) is 2. The molecule has 0 bridgehead atoms. The summed E-state index contributed by atoms with van der Waals surface area (Å²) in [6.45, 7) is 1.64. The molecular weight excluding hydrogens is 368 g/mol. The molecule has 10 heteroatoms. The van der Waals surface area contributed by atoms with Crippen molar-refractivity contribution in [2.75, 3.05) is 32.8 Å². The van der Waals surface area contributed by atoms with Crippen molar-refractivity contribution in [3.63, 3.8) is 0 Å². The van der Waals surface area contributed by atoms with Gasteiger partial charge in [0.05, 0.1) is 13.2 Å². The van der Waals surface area contributed by atoms with Crippen LogP contribution in [0.15, 0.2) is 16.3 Å². The first kappa shape index (κ1) is 19.8. The van der Waals surface area contributed by atoms with Crippen LogP contribution in [0.25, 0.3) is 0 Å². The summed E-state index contributed by atoms with van der Waals surface area (Å²) in [5.74, 6) is -1.25. The van der Waals surface area contributed by atoms with E-state index in [2.05, 4.69) is 5.32 Å². The molecule has 0 atom stereocenters. The molecule has 0 aromatic carbocycles. The van der Waals surface area contributed by atoms with Gasteiger partial charge in [0, 0.05) is 26.1 Å². The second-order valence-electron chi connectivity index (χ2n) is 5.59. The maximum Gasteiger partial charge on any atom is 0.303 e. The third-order valence-corrected chi connectivity index (χ3v) is 6.76. The fourth-order valence-electron chi connectivity index (χ4n) is 2.45. The number of nitrogens with zero attached hydrogens (tertiary/aromatic N) is 1. The summed E-state index contributed by atoms with van der Waals surface area (Å²) in [6.07, 6.45) is 2.01. The molecule has 0 radical (unpaired) electrons. The lowest BCUT2D eigenvalue weighted by molar-refractivity contribution is -0.137. The summed E-state index contributed by atoms with van der Waals surface area (Å²) >= 11 is 1.09. The van der Waals surface area contributed by atoms with E-state index in [1.54, 1.807) is 5.38 Å². The number of unbranched alkanes of at least 4 members (excludes halogenated alkanes) is 2. The van der Waals surface area contributed by atoms with Crippen LogP contribution in [0.2, 0.25) is 0 Å². The molecule has 0 spiro atoms. The number of sulfonamides is 1. The number of hydrogen-bond acceptors (Lipinski definition) is 6. The smallest absolute Gasteiger partial charge is 0.303 e. The molecule has 2 rings (SSSR count). The monoisotopic (exact) mass is 390 g/mol. The molecule has 0 saturated carbocycles. The van der Waals surface area contributed by atoms with E-state index in [4.69, 9.17) is 9.84 Å². The largest absolute Gasteiger partial charge is 0.481 e. The summed E-state index contributed by atoms with van der Waals surface area (Å²) in [5, 5.41) is 12.9. The van der Waals surface area contributed by atoms with E-state index in [1.165, 1.54) is 10.4 Å². The van der Waals surface area contributed by atoms with E-state index in [0.29, 0.717) is 39.0 Å². The van der Waals surface area contributed by atoms with Crippen molar-refractivity contribution in [1.29, 1.82) is 0 Å². The van der Waals surface area contributed by atoms with E-state index in [1.807, 2.05) is 0 Å². The summed E-state index contributed by atoms with van der Waals surface area (Å²) in [5.41, 5.74) is 0. The standard InChI is InChI=1S/C15H22N2O6S2/c18-13(19)4-2-1-3-6-16-15(20)14-12(5-11-24-14)25(21,22)17-7-9-23-10-8-17/h5,11H,1-4,6-10H2,(H,16,20)(H,18,19). The zero-order valence-electron chi connectivity index (χ0n) is 13.8. The topological polar surface area (TPSA) is 113 Å². The first-order chi connectivity index (χ1) is 11.9. The highest BCUT2D eigenvalue weighted by Gasteiger charge is 2.31. The third kappa shape index (κ3) is 5.50. The van der Waals surface area contributed by atoms with Gasteiger partial charge in [-0.25, -0.2) is 8.42 Å². The highest BCUT2D eigenvalue weighted by Crippen LogP contribution is 2.25. The number of ether oxygens (including phenoxy) is 1. The Morgan fingerprint density at radius 1 is 1.24 bits per heavy atom. The van der Waals surface area contributed by atoms with Gasteiger partial charge in [-0.1, -0.05) is 6.42 Å². The molecule has 1 aromatic heterocycles. The molecule has 140 valence electrons. The van der Waals surface area contributed by atoms with Gasteiger partial charge in [-0.2, -0.15) is 4.31 Å². The number of carboxylic acid groups (broad SMARTS) is 1. The molecule has 1 aromatic rings. The van der Waals surface area contributed by atoms with Crippen molar-refractivity contribution in [2.45, 2.75) is 30.6 Å². The quantitative estimate of drug-likeness (QED) is 0.612. The van der Waals surface area contributed by atoms with Gasteiger partial charge in [-0.05, 0) is 24.3 Å². The van der Waals surface area contributed by atoms with Crippen LogP contribution in [0.1, 0.15) is 35.4 Å². The van der Waals surface area contributed by atoms with Gasteiger partial charge in [0.1, 0.15) is 9.77 Å². The zero-order chi connectivity index (χ0) is 18.3. The number of nitrogens with one attached hydrogen (secondary N) is 1. The summed E-state index contributed by atoms with van der Waals surface area (Å²) in [6, 6.07) is 1.46. The molecule has 25 heavy (non-hydrogen) atoms. The van der Waals surface area contributed by atoms with E-state index < -0.39 is 21.9 Å². The SMILES string of the molecule is O=C(O)CCCCCNC(=O)c1sccc1S(=O)(=O)N1CCOCC1. The first-order valence-electron chi connectivity index (χ1n) is 8.08. The van der Waals surface area contributed by atoms with Crippen LogP contribution in [0.5, 0.6) is 0 Å². The number of thiophene rings is 1. The van der Waals surface area contributed by atoms with Gasteiger partial charge in [0.25, 0.3) is 5.91 Å². The highest BCUT2D eigenvalue weighted by atomic mass is 32.2. The Morgan fingerprint density at radius 2 is 1.96 bits per heavy atom. The van der Waals surface area contributed by atoms with Crippen LogP contribution in [-0.4, -0.2) is 62.6 Å². The van der Waals surface area contributed by atoms with Crippen molar-refractivity contribution >= 4 is 33.2 Å². The number of amides is 1. The Bertz CT molecular complexity index is 695. The summed E-state index contributed by atoms with van der Waals surface area (Å²) in [7, 11) is -3.71. The molecule has 2 heterocycles. The Kier molecular flexibility index (Phi) is 7.36. The number of rotatable bonds is 9. The summed E-state index contributed by atoms with van der Waals surface area (Å²) in [4.78, 5) is 22.9. The maximum atomic E-state index is 12.7. The van der Waals surface area contributed by atoms with Gasteiger partial charge >= 0.3 is 5.97 Å². The van der Waals surface area contributed by atoms with E-state index in [9.17, 15) is 18.0 Å². The molecule has 0 unspecified atom stereocenters. The van der Waals surface area contributed by atoms with Crippen molar-refractivity contribution in [3.8, 4) is 0 Å². The summed E-state index contributed by atoms with van der Waals surface area (Å²) < 4.78 is 31.9. The Labute approximate surface area is 150 Å². The lowest BCUT2D eigenvalue weighted by Gasteiger charge is -2.26. The number of aliphatic carboxylic acids is 1. The predicted octanol–water partition coefficient (Wildman–Crippen LogP) is 1.14. The van der Waals surface area contributed by atoms with Crippen LogP contribution in [-0.2, 0) is 19.6 Å². The molecular formula is C15H22N2O6S2. The van der Waals surface area contributed by atoms with E-state index >= 15 is 0 Å². The number of carbonyl (C=O) groups is 2. The van der Waals surface area contributed by atoms with Crippen LogP contribution in [0, 0.1) is 0 Å². The van der Waals surface area contributed by atoms with Crippen molar-refractivity contribution in [2.24, 2.45) is 0 Å². The Hall–Kier alpha value is -1.49. The molecule has 1 amide bonds. The van der Waals surface area contributed by atoms with Crippen molar-refractivity contribution in [3.05, 3.63) is 16.3 Å². The van der Waals surface area contributed by atoms with Crippen molar-refractivity contribution < 1.29 is 27.9 Å². The van der Waals surface area contributed by atoms with Crippen molar-refractivity contribution in [1.82, 2.24) is 9.62 Å². The fourth-order valence-corrected chi connectivity index (χ4v) is 5.18. The van der Waals surface area contributed by atoms with Gasteiger partial charge < -0.3 is 15.2 Å². The second kappa shape index (κ2) is 9.27. The molecule has 8 nitrogen and oxygen atoms in total. The van der Waals surface area contributed by atoms with Gasteiger partial charge in [0.2, 0.25) is 10.0 Å². The van der Waals surface area contributed by atoms with Crippen LogP contribution < -0.4 is 5.32 Å². The van der Waals surface area contributed by atoms with Crippen LogP contribution in [0.4, 0.5) is 0 Å². The normalized spacial score (nSPS) is 15.8. The molecule has 1 fully saturated rings. The van der Waals surface area contributed by atoms with Crippen LogP contribution in [0.3, 0.4) is 0 Å². The zero-order valence-corrected chi connectivity index (χ0v) is 15.4. The Morgan fingerprint density at radius 3 is 2.64 bits per heavy atom. The highest BCUT2D eigenvalue weighted by molar-refractivity contribution is 7.89. The van der Waals surface area contributed by atoms with Gasteiger partial charge in [-0.3, -0.25) is 9.59 Å². The first-order valence-corrected chi connectivity index (χ1v) is 10.4. The molecule has 1 aliphatic rings. The number of morpholine rings is 1. The lowest BCUT2D eigenvalue weighted by Crippen LogP contribution is -2.41. The predicted molar refractivity (Wildman–Crippen MR) is 92.3 cm³/mol. The minimum Gasteiger partial charge on any atom is -0.481 e. The van der Waals surface area contributed by atoms with E-state index in [0.717, 1.165) is 11.3 Å². The number of carboxylic acids is 1. The molecule has 2 N–H and O–H groups in total.